The van der Waals surface area contributed by atoms with Crippen LogP contribution in [0.2, 0.25) is 0 Å². The molecule has 1 atom stereocenters. The van der Waals surface area contributed by atoms with Crippen molar-refractivity contribution >= 4 is 45.9 Å². The summed E-state index contributed by atoms with van der Waals surface area (Å²) in [5, 5.41) is 0.311. The van der Waals surface area contributed by atoms with Gasteiger partial charge in [-0.25, -0.2) is 9.55 Å². The second kappa shape index (κ2) is 8.33. The van der Waals surface area contributed by atoms with Gasteiger partial charge >= 0.3 is 0 Å². The number of aromatic nitrogens is 2. The van der Waals surface area contributed by atoms with Crippen LogP contribution in [0.25, 0.3) is 22.3 Å². The van der Waals surface area contributed by atoms with Crippen LogP contribution < -0.4 is 5.56 Å². The summed E-state index contributed by atoms with van der Waals surface area (Å²) in [7, 11) is 0. The summed E-state index contributed by atoms with van der Waals surface area (Å²) >= 11 is 7.32. The largest absolute Gasteiger partial charge is 0.273 e. The minimum absolute atomic E-state index is 0.121. The van der Waals surface area contributed by atoms with Crippen molar-refractivity contribution in [2.75, 3.05) is 5.75 Å². The Kier molecular flexibility index (Phi) is 5.36. The lowest BCUT2D eigenvalue weighted by atomic mass is 10.1. The molecule has 1 aliphatic heterocycles. The monoisotopic (exact) mass is 457 g/mol. The summed E-state index contributed by atoms with van der Waals surface area (Å²) in [6.45, 7) is 2.02. The minimum Gasteiger partial charge on any atom is -0.273 e. The first-order valence-electron chi connectivity index (χ1n) is 10.2. The SMILES string of the molecule is Cc1ccc(C2SCC(=O)N2C(=S)n2c(-c3ccccc3)nc3ccccc3c2=O)cc1. The highest BCUT2D eigenvalue weighted by atomic mass is 32.2. The van der Waals surface area contributed by atoms with Crippen molar-refractivity contribution in [1.82, 2.24) is 14.5 Å². The Morgan fingerprint density at radius 3 is 2.41 bits per heavy atom. The van der Waals surface area contributed by atoms with Crippen LogP contribution in [0.3, 0.4) is 0 Å². The number of thiocarbonyl (C=S) groups is 1. The van der Waals surface area contributed by atoms with Crippen LogP contribution in [-0.4, -0.2) is 31.2 Å². The highest BCUT2D eigenvalue weighted by Crippen LogP contribution is 2.39. The maximum atomic E-state index is 13.6. The highest BCUT2D eigenvalue weighted by Gasteiger charge is 2.37. The smallest absolute Gasteiger partial charge is 0.268 e. The lowest BCUT2D eigenvalue weighted by molar-refractivity contribution is -0.124. The fourth-order valence-corrected chi connectivity index (χ4v) is 5.41. The van der Waals surface area contributed by atoms with Gasteiger partial charge in [0.25, 0.3) is 5.56 Å². The maximum absolute atomic E-state index is 13.6. The van der Waals surface area contributed by atoms with E-state index in [0.29, 0.717) is 22.5 Å². The summed E-state index contributed by atoms with van der Waals surface area (Å²) < 4.78 is 1.40. The first-order chi connectivity index (χ1) is 15.5. The van der Waals surface area contributed by atoms with Gasteiger partial charge in [-0.2, -0.15) is 0 Å². The third-order valence-corrected chi connectivity index (χ3v) is 7.03. The molecule has 1 aliphatic rings. The quantitative estimate of drug-likeness (QED) is 0.406. The van der Waals surface area contributed by atoms with Crippen LogP contribution in [0.5, 0.6) is 0 Å². The van der Waals surface area contributed by atoms with Gasteiger partial charge in [0.15, 0.2) is 5.11 Å². The van der Waals surface area contributed by atoms with Gasteiger partial charge in [-0.05, 0) is 36.8 Å². The molecule has 1 saturated heterocycles. The molecular formula is C25H19N3O2S2. The van der Waals surface area contributed by atoms with Crippen LogP contribution >= 0.6 is 24.0 Å². The number of benzene rings is 3. The number of rotatable bonds is 2. The fraction of sp³-hybridized carbons (Fsp3) is 0.120. The van der Waals surface area contributed by atoms with Crippen LogP contribution in [0, 0.1) is 6.92 Å². The van der Waals surface area contributed by atoms with E-state index in [1.54, 1.807) is 17.0 Å². The summed E-state index contributed by atoms with van der Waals surface area (Å²) in [6, 6.07) is 24.7. The van der Waals surface area contributed by atoms with Crippen molar-refractivity contribution < 1.29 is 4.79 Å². The van der Waals surface area contributed by atoms with Gasteiger partial charge in [-0.15, -0.1) is 11.8 Å². The topological polar surface area (TPSA) is 55.2 Å². The van der Waals surface area contributed by atoms with E-state index in [-0.39, 0.29) is 22.0 Å². The molecule has 1 amide bonds. The van der Waals surface area contributed by atoms with E-state index < -0.39 is 0 Å². The van der Waals surface area contributed by atoms with E-state index in [4.69, 9.17) is 17.2 Å². The van der Waals surface area contributed by atoms with Gasteiger partial charge in [-0.3, -0.25) is 14.5 Å². The van der Waals surface area contributed by atoms with E-state index in [1.165, 1.54) is 16.3 Å². The number of hydrogen-bond acceptors (Lipinski definition) is 5. The molecule has 0 radical (unpaired) electrons. The third-order valence-electron chi connectivity index (χ3n) is 5.44. The molecule has 5 rings (SSSR count). The van der Waals surface area contributed by atoms with Gasteiger partial charge in [-0.1, -0.05) is 72.3 Å². The predicted molar refractivity (Wildman–Crippen MR) is 133 cm³/mol. The lowest BCUT2D eigenvalue weighted by Gasteiger charge is -2.26. The molecule has 0 spiro atoms. The number of aryl methyl sites for hydroxylation is 1. The van der Waals surface area contributed by atoms with Crippen LogP contribution in [0.4, 0.5) is 0 Å². The molecular weight excluding hydrogens is 438 g/mol. The Balaban J connectivity index is 1.70. The zero-order chi connectivity index (χ0) is 22.2. The third kappa shape index (κ3) is 3.53. The number of thioether (sulfide) groups is 1. The maximum Gasteiger partial charge on any atom is 0.268 e. The first-order valence-corrected chi connectivity index (χ1v) is 11.6. The summed E-state index contributed by atoms with van der Waals surface area (Å²) in [5.41, 5.74) is 3.17. The Morgan fingerprint density at radius 2 is 1.66 bits per heavy atom. The second-order valence-corrected chi connectivity index (χ2v) is 9.01. The van der Waals surface area contributed by atoms with Crippen molar-refractivity contribution in [2.45, 2.75) is 12.3 Å². The molecule has 1 unspecified atom stereocenters. The average molecular weight is 458 g/mol. The zero-order valence-electron chi connectivity index (χ0n) is 17.3. The average Bonchev–Trinajstić information content (AvgIpc) is 3.21. The van der Waals surface area contributed by atoms with Crippen molar-refractivity contribution in [1.29, 1.82) is 0 Å². The molecule has 1 fully saturated rings. The Morgan fingerprint density at radius 1 is 0.969 bits per heavy atom. The first kappa shape index (κ1) is 20.6. The number of carbonyl (C=O) groups excluding carboxylic acids is 1. The van der Waals surface area contributed by atoms with Gasteiger partial charge in [0.1, 0.15) is 11.2 Å². The molecule has 0 saturated carbocycles. The lowest BCUT2D eigenvalue weighted by Crippen LogP contribution is -2.43. The molecule has 0 N–H and O–H groups in total. The van der Waals surface area contributed by atoms with E-state index in [2.05, 4.69) is 0 Å². The Labute approximate surface area is 194 Å². The molecule has 158 valence electrons. The normalized spacial score (nSPS) is 16.0. The van der Waals surface area contributed by atoms with Gasteiger partial charge in [0.05, 0.1) is 16.7 Å². The molecule has 7 heteroatoms. The molecule has 1 aromatic heterocycles. The van der Waals surface area contributed by atoms with E-state index in [9.17, 15) is 9.59 Å². The second-order valence-electron chi connectivity index (χ2n) is 7.58. The van der Waals surface area contributed by atoms with Crippen LogP contribution in [0.15, 0.2) is 83.7 Å². The molecule has 0 aliphatic carbocycles. The summed E-state index contributed by atoms with van der Waals surface area (Å²) in [4.78, 5) is 32.9. The van der Waals surface area contributed by atoms with Crippen molar-refractivity contribution in [3.05, 3.63) is 100 Å². The Hall–Kier alpha value is -3.29. The van der Waals surface area contributed by atoms with Gasteiger partial charge in [0.2, 0.25) is 5.91 Å². The highest BCUT2D eigenvalue weighted by molar-refractivity contribution is 8.00. The van der Waals surface area contributed by atoms with E-state index >= 15 is 0 Å². The van der Waals surface area contributed by atoms with Crippen molar-refractivity contribution in [3.8, 4) is 11.4 Å². The number of para-hydroxylation sites is 1. The summed E-state index contributed by atoms with van der Waals surface area (Å²) in [5.74, 6) is 0.603. The van der Waals surface area contributed by atoms with Gasteiger partial charge in [0, 0.05) is 5.56 Å². The van der Waals surface area contributed by atoms with Gasteiger partial charge < -0.3 is 0 Å². The standard InChI is InChI=1S/C25H19N3O2S2/c1-16-11-13-18(14-12-16)24-27(21(29)15-32-24)25(31)28-22(17-7-3-2-4-8-17)26-20-10-6-5-9-19(20)23(28)30/h2-14,24H,15H2,1H3. The number of hydrogen-bond donors (Lipinski definition) is 0. The number of fused-ring (bicyclic) bond motifs is 1. The molecule has 3 aromatic carbocycles. The number of carbonyl (C=O) groups is 1. The number of amides is 1. The fourth-order valence-electron chi connectivity index (χ4n) is 3.81. The van der Waals surface area contributed by atoms with Crippen LogP contribution in [-0.2, 0) is 4.79 Å². The van der Waals surface area contributed by atoms with Crippen LogP contribution in [0.1, 0.15) is 16.5 Å². The molecule has 32 heavy (non-hydrogen) atoms. The molecule has 0 bridgehead atoms. The van der Waals surface area contributed by atoms with Crippen molar-refractivity contribution in [2.24, 2.45) is 0 Å². The Bertz CT molecular complexity index is 1400. The predicted octanol–water partition coefficient (Wildman–Crippen LogP) is 4.78. The van der Waals surface area contributed by atoms with E-state index in [0.717, 1.165) is 16.7 Å². The number of nitrogens with zero attached hydrogens (tertiary/aromatic N) is 3. The molecule has 2 heterocycles. The van der Waals surface area contributed by atoms with E-state index in [1.807, 2.05) is 73.7 Å². The summed E-state index contributed by atoms with van der Waals surface area (Å²) in [6.07, 6.45) is 0. The molecule has 4 aromatic rings. The zero-order valence-corrected chi connectivity index (χ0v) is 18.9. The minimum atomic E-state index is -0.294. The van der Waals surface area contributed by atoms with Crippen molar-refractivity contribution in [3.63, 3.8) is 0 Å². The molecule has 5 nitrogen and oxygen atoms in total.